The molecule has 1 aliphatic rings. The van der Waals surface area contributed by atoms with Crippen LogP contribution < -0.4 is 5.73 Å². The van der Waals surface area contributed by atoms with Crippen molar-refractivity contribution in [1.29, 1.82) is 0 Å². The van der Waals surface area contributed by atoms with Crippen molar-refractivity contribution < 1.29 is 9.53 Å². The number of ether oxygens (including phenoxy) is 1. The van der Waals surface area contributed by atoms with Gasteiger partial charge in [-0.05, 0) is 32.7 Å². The molecule has 1 amide bonds. The van der Waals surface area contributed by atoms with E-state index in [1.807, 2.05) is 6.92 Å². The van der Waals surface area contributed by atoms with Crippen LogP contribution in [0.25, 0.3) is 0 Å². The van der Waals surface area contributed by atoms with Gasteiger partial charge in [-0.15, -0.1) is 0 Å². The van der Waals surface area contributed by atoms with Crippen molar-refractivity contribution >= 4 is 5.91 Å². The SMILES string of the molecule is CCOCCC(=O)N(CCCN)C1CCCCC1. The molecular weight excluding hydrogens is 228 g/mol. The third kappa shape index (κ3) is 5.36. The predicted octanol–water partition coefficient (Wildman–Crippen LogP) is 1.92. The zero-order valence-electron chi connectivity index (χ0n) is 11.7. The van der Waals surface area contributed by atoms with E-state index in [0.717, 1.165) is 25.8 Å². The molecule has 106 valence electrons. The first kappa shape index (κ1) is 15.4. The first-order chi connectivity index (χ1) is 8.79. The number of amides is 1. The molecule has 4 nitrogen and oxygen atoms in total. The van der Waals surface area contributed by atoms with Gasteiger partial charge in [0.1, 0.15) is 0 Å². The van der Waals surface area contributed by atoms with Crippen LogP contribution in [0.15, 0.2) is 0 Å². The maximum absolute atomic E-state index is 12.2. The van der Waals surface area contributed by atoms with E-state index < -0.39 is 0 Å². The monoisotopic (exact) mass is 256 g/mol. The summed E-state index contributed by atoms with van der Waals surface area (Å²) < 4.78 is 5.27. The Labute approximate surface area is 111 Å². The molecule has 1 aliphatic carbocycles. The molecule has 0 saturated heterocycles. The predicted molar refractivity (Wildman–Crippen MR) is 73.4 cm³/mol. The summed E-state index contributed by atoms with van der Waals surface area (Å²) >= 11 is 0. The van der Waals surface area contributed by atoms with E-state index in [-0.39, 0.29) is 5.91 Å². The maximum Gasteiger partial charge on any atom is 0.225 e. The molecule has 18 heavy (non-hydrogen) atoms. The summed E-state index contributed by atoms with van der Waals surface area (Å²) in [7, 11) is 0. The first-order valence-electron chi connectivity index (χ1n) is 7.36. The highest BCUT2D eigenvalue weighted by atomic mass is 16.5. The van der Waals surface area contributed by atoms with Gasteiger partial charge in [-0.2, -0.15) is 0 Å². The summed E-state index contributed by atoms with van der Waals surface area (Å²) in [5.41, 5.74) is 5.57. The van der Waals surface area contributed by atoms with Crippen molar-refractivity contribution in [1.82, 2.24) is 4.90 Å². The summed E-state index contributed by atoms with van der Waals surface area (Å²) in [5.74, 6) is 0.240. The average molecular weight is 256 g/mol. The Morgan fingerprint density at radius 2 is 2.06 bits per heavy atom. The standard InChI is InChI=1S/C14H28N2O2/c1-2-18-12-9-14(17)16(11-6-10-15)13-7-4-3-5-8-13/h13H,2-12,15H2,1H3. The molecule has 0 heterocycles. The van der Waals surface area contributed by atoms with Crippen LogP contribution in [0.4, 0.5) is 0 Å². The van der Waals surface area contributed by atoms with E-state index in [4.69, 9.17) is 10.5 Å². The zero-order valence-corrected chi connectivity index (χ0v) is 11.7. The van der Waals surface area contributed by atoms with Gasteiger partial charge in [-0.3, -0.25) is 4.79 Å². The van der Waals surface area contributed by atoms with Crippen LogP contribution in [0.1, 0.15) is 51.9 Å². The summed E-state index contributed by atoms with van der Waals surface area (Å²) in [5, 5.41) is 0. The third-order valence-electron chi connectivity index (χ3n) is 3.60. The fraction of sp³-hybridized carbons (Fsp3) is 0.929. The maximum atomic E-state index is 12.2. The highest BCUT2D eigenvalue weighted by Gasteiger charge is 2.24. The summed E-state index contributed by atoms with van der Waals surface area (Å²) in [6.07, 6.45) is 7.54. The van der Waals surface area contributed by atoms with E-state index in [9.17, 15) is 4.79 Å². The van der Waals surface area contributed by atoms with Crippen LogP contribution in [-0.4, -0.2) is 43.2 Å². The van der Waals surface area contributed by atoms with Crippen LogP contribution in [-0.2, 0) is 9.53 Å². The normalized spacial score (nSPS) is 16.8. The van der Waals surface area contributed by atoms with Crippen LogP contribution in [0.2, 0.25) is 0 Å². The Hall–Kier alpha value is -0.610. The van der Waals surface area contributed by atoms with Gasteiger partial charge in [-0.1, -0.05) is 19.3 Å². The molecule has 0 spiro atoms. The van der Waals surface area contributed by atoms with E-state index in [1.165, 1.54) is 19.3 Å². The van der Waals surface area contributed by atoms with E-state index >= 15 is 0 Å². The summed E-state index contributed by atoms with van der Waals surface area (Å²) in [4.78, 5) is 14.3. The van der Waals surface area contributed by atoms with Gasteiger partial charge in [0.2, 0.25) is 5.91 Å². The van der Waals surface area contributed by atoms with Gasteiger partial charge in [0.05, 0.1) is 13.0 Å². The number of carbonyl (C=O) groups excluding carboxylic acids is 1. The molecule has 0 radical (unpaired) electrons. The molecule has 0 aromatic heterocycles. The Bertz CT molecular complexity index is 228. The summed E-state index contributed by atoms with van der Waals surface area (Å²) in [6, 6.07) is 0.444. The van der Waals surface area contributed by atoms with Crippen molar-refractivity contribution in [2.24, 2.45) is 5.73 Å². The van der Waals surface area contributed by atoms with Crippen LogP contribution in [0, 0.1) is 0 Å². The fourth-order valence-electron chi connectivity index (χ4n) is 2.61. The van der Waals surface area contributed by atoms with Gasteiger partial charge >= 0.3 is 0 Å². The molecule has 0 aromatic rings. The lowest BCUT2D eigenvalue weighted by atomic mass is 9.94. The minimum Gasteiger partial charge on any atom is -0.381 e. The molecule has 1 rings (SSSR count). The van der Waals surface area contributed by atoms with Crippen molar-refractivity contribution in [2.75, 3.05) is 26.3 Å². The molecule has 0 atom stereocenters. The second-order valence-corrected chi connectivity index (χ2v) is 4.97. The fourth-order valence-corrected chi connectivity index (χ4v) is 2.61. The largest absolute Gasteiger partial charge is 0.381 e. The molecule has 0 bridgehead atoms. The van der Waals surface area contributed by atoms with E-state index in [2.05, 4.69) is 4.90 Å². The third-order valence-corrected chi connectivity index (χ3v) is 3.60. The van der Waals surface area contributed by atoms with Crippen LogP contribution in [0.3, 0.4) is 0 Å². The highest BCUT2D eigenvalue weighted by molar-refractivity contribution is 5.76. The Morgan fingerprint density at radius 3 is 2.67 bits per heavy atom. The number of hydrogen-bond donors (Lipinski definition) is 1. The molecule has 1 saturated carbocycles. The van der Waals surface area contributed by atoms with Crippen LogP contribution >= 0.6 is 0 Å². The van der Waals surface area contributed by atoms with Gasteiger partial charge < -0.3 is 15.4 Å². The lowest BCUT2D eigenvalue weighted by Gasteiger charge is -2.34. The Morgan fingerprint density at radius 1 is 1.33 bits per heavy atom. The molecular formula is C14H28N2O2. The summed E-state index contributed by atoms with van der Waals surface area (Å²) in [6.45, 7) is 4.65. The second-order valence-electron chi connectivity index (χ2n) is 4.97. The number of nitrogens with two attached hydrogens (primary N) is 1. The molecule has 1 fully saturated rings. The minimum absolute atomic E-state index is 0.240. The first-order valence-corrected chi connectivity index (χ1v) is 7.36. The second kappa shape index (κ2) is 9.34. The number of nitrogens with zero attached hydrogens (tertiary/aromatic N) is 1. The lowest BCUT2D eigenvalue weighted by Crippen LogP contribution is -2.42. The van der Waals surface area contributed by atoms with Crippen LogP contribution in [0.5, 0.6) is 0 Å². The minimum atomic E-state index is 0.240. The molecule has 0 aliphatic heterocycles. The van der Waals surface area contributed by atoms with Crippen molar-refractivity contribution in [3.8, 4) is 0 Å². The Kier molecular flexibility index (Phi) is 8.01. The zero-order chi connectivity index (χ0) is 13.2. The number of hydrogen-bond acceptors (Lipinski definition) is 3. The Balaban J connectivity index is 2.44. The molecule has 0 unspecified atom stereocenters. The van der Waals surface area contributed by atoms with Gasteiger partial charge in [0.15, 0.2) is 0 Å². The van der Waals surface area contributed by atoms with Crippen molar-refractivity contribution in [3.63, 3.8) is 0 Å². The van der Waals surface area contributed by atoms with Gasteiger partial charge in [0.25, 0.3) is 0 Å². The average Bonchev–Trinajstić information content (AvgIpc) is 2.41. The number of rotatable bonds is 8. The van der Waals surface area contributed by atoms with Crippen molar-refractivity contribution in [3.05, 3.63) is 0 Å². The lowest BCUT2D eigenvalue weighted by molar-refractivity contribution is -0.135. The number of carbonyl (C=O) groups is 1. The molecule has 4 heteroatoms. The van der Waals surface area contributed by atoms with Gasteiger partial charge in [0, 0.05) is 19.2 Å². The topological polar surface area (TPSA) is 55.6 Å². The van der Waals surface area contributed by atoms with E-state index in [1.54, 1.807) is 0 Å². The van der Waals surface area contributed by atoms with Gasteiger partial charge in [-0.25, -0.2) is 0 Å². The smallest absolute Gasteiger partial charge is 0.225 e. The van der Waals surface area contributed by atoms with Crippen molar-refractivity contribution in [2.45, 2.75) is 57.9 Å². The van der Waals surface area contributed by atoms with E-state index in [0.29, 0.717) is 32.2 Å². The molecule has 2 N–H and O–H groups in total. The molecule has 0 aromatic carbocycles. The quantitative estimate of drug-likeness (QED) is 0.675. The highest BCUT2D eigenvalue weighted by Crippen LogP contribution is 2.23.